The summed E-state index contributed by atoms with van der Waals surface area (Å²) in [5.74, 6) is 0.842. The Balaban J connectivity index is 1.53. The maximum Gasteiger partial charge on any atom is 0.291 e. The van der Waals surface area contributed by atoms with Crippen LogP contribution in [0.25, 0.3) is 0 Å². The van der Waals surface area contributed by atoms with Crippen LogP contribution < -0.4 is 20.1 Å². The smallest absolute Gasteiger partial charge is 0.291 e. The number of hydrogen-bond acceptors (Lipinski definition) is 6. The fraction of sp³-hybridized carbons (Fsp3) is 0.111. The van der Waals surface area contributed by atoms with Gasteiger partial charge in [0.1, 0.15) is 16.7 Å². The van der Waals surface area contributed by atoms with Crippen molar-refractivity contribution in [2.75, 3.05) is 24.9 Å². The van der Waals surface area contributed by atoms with Gasteiger partial charge in [-0.25, -0.2) is 0 Å². The summed E-state index contributed by atoms with van der Waals surface area (Å²) in [5.41, 5.74) is 2.00. The van der Waals surface area contributed by atoms with Crippen molar-refractivity contribution < 1.29 is 23.5 Å². The number of hydrogen-bond donors (Lipinski definition) is 2. The molecule has 0 aliphatic rings. The Hall–Kier alpha value is -4.17. The summed E-state index contributed by atoms with van der Waals surface area (Å²) < 4.78 is 15.8. The van der Waals surface area contributed by atoms with E-state index in [2.05, 4.69) is 10.6 Å². The summed E-state index contributed by atoms with van der Waals surface area (Å²) in [6, 6.07) is 25.3. The molecule has 3 aromatic carbocycles. The highest BCUT2D eigenvalue weighted by molar-refractivity contribution is 8.00. The van der Waals surface area contributed by atoms with Crippen molar-refractivity contribution in [3.8, 4) is 11.5 Å². The molecule has 4 aromatic rings. The number of furan rings is 1. The van der Waals surface area contributed by atoms with E-state index in [1.54, 1.807) is 56.7 Å². The Bertz CT molecular complexity index is 1270. The van der Waals surface area contributed by atoms with Crippen LogP contribution in [0.2, 0.25) is 0 Å². The fourth-order valence-electron chi connectivity index (χ4n) is 3.36. The van der Waals surface area contributed by atoms with Gasteiger partial charge in [-0.1, -0.05) is 30.3 Å². The third-order valence-electron chi connectivity index (χ3n) is 5.12. The largest absolute Gasteiger partial charge is 0.497 e. The van der Waals surface area contributed by atoms with Crippen LogP contribution >= 0.6 is 11.8 Å². The van der Waals surface area contributed by atoms with Gasteiger partial charge >= 0.3 is 0 Å². The quantitative estimate of drug-likeness (QED) is 0.280. The van der Waals surface area contributed by atoms with Gasteiger partial charge in [-0.2, -0.15) is 0 Å². The lowest BCUT2D eigenvalue weighted by atomic mass is 10.1. The highest BCUT2D eigenvalue weighted by atomic mass is 32.2. The fourth-order valence-corrected chi connectivity index (χ4v) is 4.39. The van der Waals surface area contributed by atoms with Crippen LogP contribution in [-0.4, -0.2) is 26.0 Å². The third-order valence-corrected chi connectivity index (χ3v) is 6.38. The van der Waals surface area contributed by atoms with E-state index in [1.807, 2.05) is 42.5 Å². The van der Waals surface area contributed by atoms with E-state index >= 15 is 0 Å². The molecule has 0 saturated carbocycles. The van der Waals surface area contributed by atoms with Crippen molar-refractivity contribution in [3.63, 3.8) is 0 Å². The zero-order chi connectivity index (χ0) is 24.6. The van der Waals surface area contributed by atoms with E-state index in [0.717, 1.165) is 10.5 Å². The van der Waals surface area contributed by atoms with Crippen molar-refractivity contribution >= 4 is 35.0 Å². The number of benzene rings is 3. The van der Waals surface area contributed by atoms with Crippen LogP contribution in [0.4, 0.5) is 11.4 Å². The van der Waals surface area contributed by atoms with Crippen molar-refractivity contribution in [1.29, 1.82) is 0 Å². The zero-order valence-corrected chi connectivity index (χ0v) is 20.0. The first kappa shape index (κ1) is 24.0. The molecular formula is C27H24N2O5S. The Kier molecular flexibility index (Phi) is 7.74. The third kappa shape index (κ3) is 6.04. The van der Waals surface area contributed by atoms with Crippen LogP contribution in [-0.2, 0) is 4.79 Å². The number of rotatable bonds is 9. The molecule has 7 nitrogen and oxygen atoms in total. The van der Waals surface area contributed by atoms with E-state index in [1.165, 1.54) is 18.0 Å². The molecule has 0 aliphatic heterocycles. The number of thioether (sulfide) groups is 1. The molecule has 35 heavy (non-hydrogen) atoms. The summed E-state index contributed by atoms with van der Waals surface area (Å²) >= 11 is 1.40. The van der Waals surface area contributed by atoms with Gasteiger partial charge in [0.25, 0.3) is 5.91 Å². The first-order chi connectivity index (χ1) is 17.1. The molecule has 1 aromatic heterocycles. The van der Waals surface area contributed by atoms with Gasteiger partial charge < -0.3 is 24.5 Å². The van der Waals surface area contributed by atoms with Gasteiger partial charge in [-0.05, 0) is 54.1 Å². The molecule has 2 amide bonds. The van der Waals surface area contributed by atoms with Crippen molar-refractivity contribution in [1.82, 2.24) is 0 Å². The number of carbonyl (C=O) groups excluding carboxylic acids is 2. The van der Waals surface area contributed by atoms with Crippen molar-refractivity contribution in [3.05, 3.63) is 103 Å². The predicted octanol–water partition coefficient (Wildman–Crippen LogP) is 6.02. The number of amides is 2. The molecule has 2 N–H and O–H groups in total. The molecule has 1 atom stereocenters. The summed E-state index contributed by atoms with van der Waals surface area (Å²) in [4.78, 5) is 26.5. The maximum absolute atomic E-state index is 13.4. The average Bonchev–Trinajstić information content (AvgIpc) is 3.44. The number of anilines is 2. The number of carbonyl (C=O) groups is 2. The maximum atomic E-state index is 13.4. The molecule has 0 radical (unpaired) electrons. The first-order valence-corrected chi connectivity index (χ1v) is 11.6. The second-order valence-electron chi connectivity index (χ2n) is 7.42. The monoisotopic (exact) mass is 488 g/mol. The second kappa shape index (κ2) is 11.3. The second-order valence-corrected chi connectivity index (χ2v) is 8.60. The molecule has 1 heterocycles. The summed E-state index contributed by atoms with van der Waals surface area (Å²) in [5, 5.41) is 5.23. The Labute approximate surface area is 207 Å². The lowest BCUT2D eigenvalue weighted by Crippen LogP contribution is -2.19. The van der Waals surface area contributed by atoms with Crippen LogP contribution in [0, 0.1) is 0 Å². The van der Waals surface area contributed by atoms with Gasteiger partial charge in [-0.15, -0.1) is 11.8 Å². The molecule has 0 spiro atoms. The summed E-state index contributed by atoms with van der Waals surface area (Å²) in [6.45, 7) is 0. The molecular weight excluding hydrogens is 464 g/mol. The molecule has 0 bridgehead atoms. The van der Waals surface area contributed by atoms with Crippen LogP contribution in [0.5, 0.6) is 11.5 Å². The van der Waals surface area contributed by atoms with Gasteiger partial charge in [0.05, 0.1) is 26.2 Å². The minimum Gasteiger partial charge on any atom is -0.497 e. The van der Waals surface area contributed by atoms with Crippen molar-refractivity contribution in [2.45, 2.75) is 10.1 Å². The average molecular weight is 489 g/mol. The highest BCUT2D eigenvalue weighted by Crippen LogP contribution is 2.38. The number of ether oxygens (including phenoxy) is 2. The molecule has 1 unspecified atom stereocenters. The van der Waals surface area contributed by atoms with Crippen LogP contribution in [0.1, 0.15) is 21.4 Å². The SMILES string of the molecule is COc1ccc(OC)c(NC(=O)C(Sc2ccc(NC(=O)c3ccco3)cc2)c2ccccc2)c1. The van der Waals surface area contributed by atoms with Gasteiger partial charge in [0.15, 0.2) is 5.76 Å². The molecule has 0 fully saturated rings. The van der Waals surface area contributed by atoms with Crippen molar-refractivity contribution in [2.24, 2.45) is 0 Å². The Morgan fingerprint density at radius 3 is 2.29 bits per heavy atom. The normalized spacial score (nSPS) is 11.4. The van der Waals surface area contributed by atoms with Gasteiger partial charge in [-0.3, -0.25) is 9.59 Å². The van der Waals surface area contributed by atoms with Crippen LogP contribution in [0.3, 0.4) is 0 Å². The zero-order valence-electron chi connectivity index (χ0n) is 19.2. The number of nitrogens with one attached hydrogen (secondary N) is 2. The lowest BCUT2D eigenvalue weighted by molar-refractivity contribution is -0.115. The van der Waals surface area contributed by atoms with E-state index in [9.17, 15) is 9.59 Å². The predicted molar refractivity (Wildman–Crippen MR) is 136 cm³/mol. The summed E-state index contributed by atoms with van der Waals surface area (Å²) in [7, 11) is 3.11. The molecule has 4 rings (SSSR count). The minimum atomic E-state index is -0.532. The Morgan fingerprint density at radius 1 is 0.857 bits per heavy atom. The molecule has 178 valence electrons. The standard InChI is InChI=1S/C27H24N2O5S/c1-32-20-12-15-23(33-2)22(17-20)29-27(31)25(18-7-4-3-5-8-18)35-21-13-10-19(11-14-21)28-26(30)24-9-6-16-34-24/h3-17,25H,1-2H3,(H,28,30)(H,29,31). The molecule has 8 heteroatoms. The minimum absolute atomic E-state index is 0.206. The van der Waals surface area contributed by atoms with E-state index in [0.29, 0.717) is 22.9 Å². The number of methoxy groups -OCH3 is 2. The van der Waals surface area contributed by atoms with E-state index < -0.39 is 5.25 Å². The molecule has 0 aliphatic carbocycles. The molecule has 0 saturated heterocycles. The van der Waals surface area contributed by atoms with Gasteiger partial charge in [0.2, 0.25) is 5.91 Å². The van der Waals surface area contributed by atoms with Gasteiger partial charge in [0, 0.05) is 16.6 Å². The first-order valence-electron chi connectivity index (χ1n) is 10.8. The highest BCUT2D eigenvalue weighted by Gasteiger charge is 2.23. The van der Waals surface area contributed by atoms with E-state index in [4.69, 9.17) is 13.9 Å². The Morgan fingerprint density at radius 2 is 1.63 bits per heavy atom. The lowest BCUT2D eigenvalue weighted by Gasteiger charge is -2.19. The van der Waals surface area contributed by atoms with Crippen LogP contribution in [0.15, 0.2) is 101 Å². The van der Waals surface area contributed by atoms with E-state index in [-0.39, 0.29) is 17.6 Å². The topological polar surface area (TPSA) is 89.8 Å². The summed E-state index contributed by atoms with van der Waals surface area (Å²) in [6.07, 6.45) is 1.45.